The normalized spacial score (nSPS) is 24.0. The van der Waals surface area contributed by atoms with Crippen LogP contribution in [-0.2, 0) is 14.3 Å². The number of rotatable bonds is 5. The smallest absolute Gasteiger partial charge is 0.164 e. The monoisotopic (exact) mass is 450 g/mol. The molecule has 2 unspecified atom stereocenters. The lowest BCUT2D eigenvalue weighted by molar-refractivity contribution is -0.171. The first-order chi connectivity index (χ1) is 10.1. The highest BCUT2D eigenvalue weighted by Gasteiger charge is 2.43. The van der Waals surface area contributed by atoms with Crippen LogP contribution < -0.4 is 0 Å². The van der Waals surface area contributed by atoms with Gasteiger partial charge in [0.1, 0.15) is 5.60 Å². The third kappa shape index (κ3) is 12.1. The number of ether oxygens (including phenoxy) is 2. The largest absolute Gasteiger partial charge is 0.366 e. The summed E-state index contributed by atoms with van der Waals surface area (Å²) < 4.78 is 10.7. The van der Waals surface area contributed by atoms with Gasteiger partial charge in [-0.15, -0.1) is 0 Å². The van der Waals surface area contributed by atoms with E-state index in [0.717, 1.165) is 19.3 Å². The average Bonchev–Trinajstić information content (AvgIpc) is 2.90. The Balaban J connectivity index is 0. The molecule has 7 heteroatoms. The van der Waals surface area contributed by atoms with Crippen LogP contribution in [0.25, 0.3) is 0 Å². The van der Waals surface area contributed by atoms with Gasteiger partial charge in [-0.2, -0.15) is 0 Å². The minimum absolute atomic E-state index is 0.185. The van der Waals surface area contributed by atoms with E-state index in [1.165, 1.54) is 19.6 Å². The van der Waals surface area contributed by atoms with Crippen molar-refractivity contribution in [3.05, 3.63) is 0 Å². The van der Waals surface area contributed by atoms with Gasteiger partial charge in [-0.25, -0.2) is 0 Å². The van der Waals surface area contributed by atoms with Gasteiger partial charge < -0.3 is 19.7 Å². The van der Waals surface area contributed by atoms with Crippen molar-refractivity contribution in [2.75, 3.05) is 12.9 Å². The van der Waals surface area contributed by atoms with E-state index in [2.05, 4.69) is 28.1 Å². The minimum Gasteiger partial charge on any atom is -0.366 e. The van der Waals surface area contributed by atoms with Crippen molar-refractivity contribution in [3.8, 4) is 0 Å². The molecular weight excluding hydrogens is 419 g/mol. The summed E-state index contributed by atoms with van der Waals surface area (Å²) >= 11 is 2.27. The molecule has 22 heavy (non-hydrogen) atoms. The van der Waals surface area contributed by atoms with Crippen molar-refractivity contribution in [1.82, 2.24) is 0 Å². The standard InChI is InChI=1S/C10H18O3.C3H8O2.C2H5IS/c1-4-8(11)10(5-2)7-6-9(12-3)13-10;1-3(2,4)5;1-2-4-3/h9H,4-7H2,1-3H3;4-5H,1-2H3;2H2,1H3. The summed E-state index contributed by atoms with van der Waals surface area (Å²) in [5.41, 5.74) is -0.546. The molecule has 0 radical (unpaired) electrons. The van der Waals surface area contributed by atoms with Gasteiger partial charge >= 0.3 is 0 Å². The van der Waals surface area contributed by atoms with Gasteiger partial charge in [0.25, 0.3) is 0 Å². The Labute approximate surface area is 151 Å². The van der Waals surface area contributed by atoms with Gasteiger partial charge in [-0.1, -0.05) is 29.7 Å². The summed E-state index contributed by atoms with van der Waals surface area (Å²) in [5.74, 6) is -0.0739. The van der Waals surface area contributed by atoms with E-state index in [4.69, 9.17) is 19.7 Å². The van der Waals surface area contributed by atoms with Crippen molar-refractivity contribution in [2.24, 2.45) is 0 Å². The maximum absolute atomic E-state index is 11.6. The average molecular weight is 450 g/mol. The molecule has 0 amide bonds. The van der Waals surface area contributed by atoms with E-state index in [1.54, 1.807) is 7.11 Å². The highest BCUT2D eigenvalue weighted by Crippen LogP contribution is 2.35. The third-order valence-electron chi connectivity index (χ3n) is 2.91. The molecule has 0 spiro atoms. The molecule has 134 valence electrons. The second-order valence-electron chi connectivity index (χ2n) is 5.34. The maximum Gasteiger partial charge on any atom is 0.164 e. The minimum atomic E-state index is -1.50. The summed E-state index contributed by atoms with van der Waals surface area (Å²) in [4.78, 5) is 11.6. The molecule has 1 aliphatic rings. The number of ketones is 1. The van der Waals surface area contributed by atoms with Crippen LogP contribution in [0.4, 0.5) is 0 Å². The van der Waals surface area contributed by atoms with Crippen LogP contribution >= 0.6 is 30.1 Å². The summed E-state index contributed by atoms with van der Waals surface area (Å²) in [6.45, 7) is 8.60. The van der Waals surface area contributed by atoms with Crippen LogP contribution in [0.3, 0.4) is 0 Å². The first kappa shape index (κ1) is 24.8. The zero-order valence-electron chi connectivity index (χ0n) is 14.5. The quantitative estimate of drug-likeness (QED) is 0.492. The van der Waals surface area contributed by atoms with Gasteiger partial charge in [0, 0.05) is 25.7 Å². The fourth-order valence-corrected chi connectivity index (χ4v) is 1.87. The van der Waals surface area contributed by atoms with Crippen LogP contribution in [0.5, 0.6) is 0 Å². The zero-order chi connectivity index (χ0) is 17.8. The highest BCUT2D eigenvalue weighted by molar-refractivity contribution is 14.2. The fourth-order valence-electron chi connectivity index (χ4n) is 1.87. The maximum atomic E-state index is 11.6. The number of hydrogen-bond acceptors (Lipinski definition) is 6. The lowest BCUT2D eigenvalue weighted by Crippen LogP contribution is -2.38. The Bertz CT molecular complexity index is 288. The second kappa shape index (κ2) is 12.9. The Morgan fingerprint density at radius 1 is 1.41 bits per heavy atom. The van der Waals surface area contributed by atoms with E-state index < -0.39 is 11.4 Å². The molecule has 5 nitrogen and oxygen atoms in total. The third-order valence-corrected chi connectivity index (χ3v) is 5.00. The summed E-state index contributed by atoms with van der Waals surface area (Å²) in [5, 5.41) is 16.2. The Morgan fingerprint density at radius 3 is 2.09 bits per heavy atom. The number of Topliss-reactive ketones (excluding diaryl/α,β-unsaturated/α-hetero) is 1. The number of methoxy groups -OCH3 is 1. The number of carbonyl (C=O) groups is 1. The Kier molecular flexibility index (Phi) is 14.6. The predicted octanol–water partition coefficient (Wildman–Crippen LogP) is 3.69. The highest BCUT2D eigenvalue weighted by atomic mass is 127. The molecule has 0 aromatic heterocycles. The molecule has 1 rings (SSSR count). The van der Waals surface area contributed by atoms with E-state index >= 15 is 0 Å². The van der Waals surface area contributed by atoms with E-state index in [0.29, 0.717) is 6.42 Å². The van der Waals surface area contributed by atoms with Gasteiger partial charge in [-0.3, -0.25) is 4.79 Å². The van der Waals surface area contributed by atoms with Crippen LogP contribution in [-0.4, -0.2) is 46.5 Å². The van der Waals surface area contributed by atoms with Crippen molar-refractivity contribution in [2.45, 2.75) is 78.0 Å². The molecule has 0 bridgehead atoms. The topological polar surface area (TPSA) is 76.0 Å². The Hall–Kier alpha value is 0.590. The lowest BCUT2D eigenvalue weighted by Gasteiger charge is -2.25. The van der Waals surface area contributed by atoms with Gasteiger partial charge in [-0.05, 0) is 47.9 Å². The fraction of sp³-hybridized carbons (Fsp3) is 0.933. The van der Waals surface area contributed by atoms with Crippen molar-refractivity contribution < 1.29 is 24.5 Å². The SMILES string of the molecule is CC(C)(O)O.CCC(=O)C1(CC)CCC(OC)O1.CCSI. The Morgan fingerprint density at radius 2 is 1.86 bits per heavy atom. The van der Waals surface area contributed by atoms with E-state index in [1.807, 2.05) is 22.8 Å². The second-order valence-corrected chi connectivity index (χ2v) is 8.00. The lowest BCUT2D eigenvalue weighted by atomic mass is 9.90. The molecule has 1 fully saturated rings. The predicted molar refractivity (Wildman–Crippen MR) is 100 cm³/mol. The van der Waals surface area contributed by atoms with Crippen LogP contribution in [0.15, 0.2) is 0 Å². The van der Waals surface area contributed by atoms with Crippen LogP contribution in [0, 0.1) is 0 Å². The van der Waals surface area contributed by atoms with Crippen LogP contribution in [0.2, 0.25) is 0 Å². The van der Waals surface area contributed by atoms with Crippen LogP contribution in [0.1, 0.15) is 60.3 Å². The number of halogens is 1. The molecule has 0 aromatic rings. The molecule has 1 saturated heterocycles. The molecule has 1 aliphatic heterocycles. The molecule has 0 saturated carbocycles. The van der Waals surface area contributed by atoms with Gasteiger partial charge in [0.15, 0.2) is 17.9 Å². The van der Waals surface area contributed by atoms with Crippen molar-refractivity contribution in [3.63, 3.8) is 0 Å². The molecule has 2 N–H and O–H groups in total. The van der Waals surface area contributed by atoms with Gasteiger partial charge in [0.05, 0.1) is 0 Å². The summed E-state index contributed by atoms with van der Waals surface area (Å²) in [7, 11) is 3.44. The summed E-state index contributed by atoms with van der Waals surface area (Å²) in [6, 6.07) is 0. The van der Waals surface area contributed by atoms with Crippen molar-refractivity contribution >= 4 is 35.9 Å². The molecule has 0 aromatic carbocycles. The van der Waals surface area contributed by atoms with Crippen molar-refractivity contribution in [1.29, 1.82) is 0 Å². The molecular formula is C15H31IO5S. The van der Waals surface area contributed by atoms with E-state index in [-0.39, 0.29) is 12.1 Å². The molecule has 2 atom stereocenters. The first-order valence-electron chi connectivity index (χ1n) is 7.52. The number of carbonyl (C=O) groups excluding carboxylic acids is 1. The van der Waals surface area contributed by atoms with Gasteiger partial charge in [0.2, 0.25) is 0 Å². The molecule has 0 aliphatic carbocycles. The van der Waals surface area contributed by atoms with E-state index in [9.17, 15) is 4.79 Å². The first-order valence-corrected chi connectivity index (χ1v) is 11.0. The number of hydrogen-bond donors (Lipinski definition) is 2. The summed E-state index contributed by atoms with van der Waals surface area (Å²) in [6.07, 6.45) is 2.74. The number of aliphatic hydroxyl groups is 2. The zero-order valence-corrected chi connectivity index (χ0v) is 17.5. The molecule has 1 heterocycles.